The molecule has 3 fully saturated rings. The number of urea groups is 1. The van der Waals surface area contributed by atoms with Gasteiger partial charge in [0.25, 0.3) is 0 Å². The Labute approximate surface area is 306 Å². The highest BCUT2D eigenvalue weighted by molar-refractivity contribution is 5.93. The fourth-order valence-corrected chi connectivity index (χ4v) is 7.90. The number of hydrogen-bond acceptors (Lipinski definition) is 7. The van der Waals surface area contributed by atoms with Crippen molar-refractivity contribution < 1.29 is 24.2 Å². The predicted octanol–water partition coefficient (Wildman–Crippen LogP) is 5.88. The number of benzene rings is 4. The monoisotopic (exact) mass is 703 g/mol. The van der Waals surface area contributed by atoms with E-state index in [4.69, 9.17) is 9.47 Å². The average Bonchev–Trinajstić information content (AvgIpc) is 3.50. The van der Waals surface area contributed by atoms with Crippen molar-refractivity contribution in [2.45, 2.75) is 63.9 Å². The molecule has 10 nitrogen and oxygen atoms in total. The van der Waals surface area contributed by atoms with Gasteiger partial charge in [0.1, 0.15) is 5.54 Å². The van der Waals surface area contributed by atoms with Gasteiger partial charge in [-0.3, -0.25) is 4.79 Å². The zero-order valence-corrected chi connectivity index (χ0v) is 30.0. The molecule has 3 saturated heterocycles. The molecule has 3 aliphatic heterocycles. The lowest BCUT2D eigenvalue weighted by Crippen LogP contribution is -2.57. The van der Waals surface area contributed by atoms with Crippen LogP contribution in [0.3, 0.4) is 0 Å². The van der Waals surface area contributed by atoms with Gasteiger partial charge >= 0.3 is 6.03 Å². The number of carbonyl (C=O) groups excluding carboxylic acids is 2. The molecule has 0 radical (unpaired) electrons. The van der Waals surface area contributed by atoms with Crippen LogP contribution in [-0.2, 0) is 27.4 Å². The number of para-hydroxylation sites is 1. The van der Waals surface area contributed by atoms with E-state index in [0.29, 0.717) is 19.8 Å². The number of carbonyl (C=O) groups is 2. The first-order chi connectivity index (χ1) is 25.4. The van der Waals surface area contributed by atoms with Crippen molar-refractivity contribution >= 4 is 17.6 Å². The van der Waals surface area contributed by atoms with Crippen LogP contribution in [0.2, 0.25) is 0 Å². The van der Waals surface area contributed by atoms with E-state index in [0.717, 1.165) is 71.5 Å². The van der Waals surface area contributed by atoms with Gasteiger partial charge < -0.3 is 40.3 Å². The maximum atomic E-state index is 13.3. The largest absolute Gasteiger partial charge is 0.392 e. The Bertz CT molecular complexity index is 1810. The number of amides is 3. The van der Waals surface area contributed by atoms with Crippen LogP contribution < -0.4 is 20.9 Å². The molecule has 0 saturated carbocycles. The lowest BCUT2D eigenvalue weighted by molar-refractivity contribution is -0.276. The van der Waals surface area contributed by atoms with Gasteiger partial charge in [-0.25, -0.2) is 4.79 Å². The highest BCUT2D eigenvalue weighted by Crippen LogP contribution is 2.43. The molecule has 0 bridgehead atoms. The minimum absolute atomic E-state index is 0.0105. The Morgan fingerprint density at radius 2 is 1.58 bits per heavy atom. The molecule has 0 unspecified atom stereocenters. The number of aliphatic hydroxyl groups excluding tert-OH is 1. The molecule has 3 aliphatic rings. The SMILES string of the molecule is CCNC(=O)NCc1ccccc1-c1ccc([C@@H]2O[C@H](CN3CCC4(CC3)C(=O)NCN4c3ccccc3)[C@H](C)[C@H](c3ccc(CO)cc3)O2)cc1. The third kappa shape index (κ3) is 7.43. The molecule has 10 heteroatoms. The maximum absolute atomic E-state index is 13.3. The Morgan fingerprint density at radius 1 is 0.885 bits per heavy atom. The van der Waals surface area contributed by atoms with Gasteiger partial charge in [0.05, 0.1) is 25.5 Å². The zero-order valence-electron chi connectivity index (χ0n) is 30.0. The van der Waals surface area contributed by atoms with E-state index >= 15 is 0 Å². The van der Waals surface area contributed by atoms with Crippen molar-refractivity contribution in [1.82, 2.24) is 20.9 Å². The topological polar surface area (TPSA) is 115 Å². The minimum Gasteiger partial charge on any atom is -0.392 e. The van der Waals surface area contributed by atoms with E-state index < -0.39 is 11.8 Å². The quantitative estimate of drug-likeness (QED) is 0.163. The number of aliphatic hydroxyl groups is 1. The van der Waals surface area contributed by atoms with Crippen LogP contribution >= 0.6 is 0 Å². The predicted molar refractivity (Wildman–Crippen MR) is 201 cm³/mol. The van der Waals surface area contributed by atoms with Crippen LogP contribution in [0.5, 0.6) is 0 Å². The standard InChI is InChI=1S/C42H49N5O5/c1-3-43-41(50)44-25-34-9-7-8-12-36(34)31-17-19-33(20-18-31)39-51-37(29(2)38(52-39)32-15-13-30(27-48)14-16-32)26-46-23-21-42(22-24-46)40(49)45-28-47(42)35-10-5-4-6-11-35/h4-20,29,37-39,48H,3,21-28H2,1-2H3,(H,45,49)(H2,43,44,50)/t29-,37+,38+,39+/m0/s1. The van der Waals surface area contributed by atoms with Crippen molar-refractivity contribution in [2.24, 2.45) is 5.92 Å². The van der Waals surface area contributed by atoms with Gasteiger partial charge in [-0.05, 0) is 59.7 Å². The molecule has 7 rings (SSSR count). The summed E-state index contributed by atoms with van der Waals surface area (Å²) in [6.07, 6.45) is 0.546. The molecule has 4 N–H and O–H groups in total. The van der Waals surface area contributed by atoms with Gasteiger partial charge in [0.2, 0.25) is 5.91 Å². The first kappa shape index (κ1) is 35.7. The molecule has 0 aromatic heterocycles. The van der Waals surface area contributed by atoms with E-state index in [1.165, 1.54) is 0 Å². The molecule has 4 aromatic rings. The Kier molecular flexibility index (Phi) is 10.9. The highest BCUT2D eigenvalue weighted by Gasteiger charge is 2.51. The number of piperidine rings is 1. The third-order valence-corrected chi connectivity index (χ3v) is 10.9. The van der Waals surface area contributed by atoms with Crippen molar-refractivity contribution in [3.05, 3.63) is 125 Å². The number of likely N-dealkylation sites (tertiary alicyclic amines) is 1. The van der Waals surface area contributed by atoms with Crippen LogP contribution in [0.4, 0.5) is 10.5 Å². The molecular formula is C42H49N5O5. The summed E-state index contributed by atoms with van der Waals surface area (Å²) in [5.74, 6) is 0.161. The van der Waals surface area contributed by atoms with Crippen LogP contribution in [0.1, 0.15) is 61.3 Å². The molecule has 0 aliphatic carbocycles. The van der Waals surface area contributed by atoms with Crippen LogP contribution in [0, 0.1) is 5.92 Å². The zero-order chi connectivity index (χ0) is 36.1. The second-order valence-corrected chi connectivity index (χ2v) is 14.1. The van der Waals surface area contributed by atoms with Crippen molar-refractivity contribution in [1.29, 1.82) is 0 Å². The van der Waals surface area contributed by atoms with E-state index in [1.807, 2.05) is 67.6 Å². The van der Waals surface area contributed by atoms with E-state index in [2.05, 4.69) is 75.1 Å². The summed E-state index contributed by atoms with van der Waals surface area (Å²) in [5, 5.41) is 18.5. The highest BCUT2D eigenvalue weighted by atomic mass is 16.7. The maximum Gasteiger partial charge on any atom is 0.315 e. The summed E-state index contributed by atoms with van der Waals surface area (Å²) in [7, 11) is 0. The minimum atomic E-state index is -0.585. The van der Waals surface area contributed by atoms with Crippen molar-refractivity contribution in [3.63, 3.8) is 0 Å². The van der Waals surface area contributed by atoms with Gasteiger partial charge in [-0.15, -0.1) is 0 Å². The van der Waals surface area contributed by atoms with Crippen molar-refractivity contribution in [2.75, 3.05) is 37.7 Å². The summed E-state index contributed by atoms with van der Waals surface area (Å²) in [4.78, 5) is 30.1. The Morgan fingerprint density at radius 3 is 2.29 bits per heavy atom. The fraction of sp³-hybridized carbons (Fsp3) is 0.381. The Balaban J connectivity index is 1.09. The summed E-state index contributed by atoms with van der Waals surface area (Å²) < 4.78 is 13.6. The molecule has 1 spiro atoms. The number of ether oxygens (including phenoxy) is 2. The fourth-order valence-electron chi connectivity index (χ4n) is 7.90. The van der Waals surface area contributed by atoms with Crippen LogP contribution in [-0.4, -0.2) is 66.4 Å². The second kappa shape index (κ2) is 15.9. The molecule has 4 atom stereocenters. The number of anilines is 1. The molecule has 3 heterocycles. The van der Waals surface area contributed by atoms with Gasteiger partial charge in [-0.2, -0.15) is 0 Å². The number of nitrogens with zero attached hydrogens (tertiary/aromatic N) is 2. The van der Waals surface area contributed by atoms with Gasteiger partial charge in [0.15, 0.2) is 6.29 Å². The van der Waals surface area contributed by atoms with Crippen LogP contribution in [0.15, 0.2) is 103 Å². The van der Waals surface area contributed by atoms with E-state index in [-0.39, 0.29) is 36.7 Å². The Hall–Kier alpha value is -4.74. The normalized spacial score (nSPS) is 23.0. The summed E-state index contributed by atoms with van der Waals surface area (Å²) >= 11 is 0. The molecule has 3 amide bonds. The lowest BCUT2D eigenvalue weighted by Gasteiger charge is -2.46. The molecule has 272 valence electrons. The summed E-state index contributed by atoms with van der Waals surface area (Å²) in [5.41, 5.74) is 6.47. The smallest absolute Gasteiger partial charge is 0.315 e. The summed E-state index contributed by atoms with van der Waals surface area (Å²) in [6.45, 7) is 7.88. The second-order valence-electron chi connectivity index (χ2n) is 14.1. The lowest BCUT2D eigenvalue weighted by atomic mass is 9.84. The first-order valence-electron chi connectivity index (χ1n) is 18.4. The number of rotatable bonds is 10. The van der Waals surface area contributed by atoms with Crippen molar-refractivity contribution in [3.8, 4) is 11.1 Å². The molecule has 52 heavy (non-hydrogen) atoms. The first-order valence-corrected chi connectivity index (χ1v) is 18.4. The van der Waals surface area contributed by atoms with Gasteiger partial charge in [0, 0.05) is 49.9 Å². The van der Waals surface area contributed by atoms with E-state index in [1.54, 1.807) is 0 Å². The summed E-state index contributed by atoms with van der Waals surface area (Å²) in [6, 6.07) is 34.4. The third-order valence-electron chi connectivity index (χ3n) is 10.9. The number of nitrogens with one attached hydrogen (secondary N) is 3. The van der Waals surface area contributed by atoms with E-state index in [9.17, 15) is 14.7 Å². The number of hydrogen-bond donors (Lipinski definition) is 4. The molecule has 4 aromatic carbocycles. The van der Waals surface area contributed by atoms with Crippen LogP contribution in [0.25, 0.3) is 11.1 Å². The average molecular weight is 704 g/mol. The van der Waals surface area contributed by atoms with Gasteiger partial charge in [-0.1, -0.05) is 97.9 Å². The molecular weight excluding hydrogens is 654 g/mol.